The van der Waals surface area contributed by atoms with Crippen LogP contribution in [0.2, 0.25) is 0 Å². The van der Waals surface area contributed by atoms with Gasteiger partial charge in [-0.25, -0.2) is 4.98 Å². The van der Waals surface area contributed by atoms with Gasteiger partial charge in [0.25, 0.3) is 0 Å². The second-order valence-electron chi connectivity index (χ2n) is 3.13. The van der Waals surface area contributed by atoms with Crippen molar-refractivity contribution in [1.29, 1.82) is 0 Å². The van der Waals surface area contributed by atoms with Crippen molar-refractivity contribution in [3.63, 3.8) is 0 Å². The van der Waals surface area contributed by atoms with Crippen LogP contribution in [0.4, 0.5) is 0 Å². The first kappa shape index (κ1) is 9.99. The Morgan fingerprint density at radius 3 is 3.08 bits per heavy atom. The zero-order chi connectivity index (χ0) is 9.68. The summed E-state index contributed by atoms with van der Waals surface area (Å²) in [6.45, 7) is 3.64. The molecule has 13 heavy (non-hydrogen) atoms. The quantitative estimate of drug-likeness (QED) is 0.554. The lowest BCUT2D eigenvalue weighted by molar-refractivity contribution is 0.152. The van der Waals surface area contributed by atoms with Gasteiger partial charge in [0, 0.05) is 19.4 Å². The lowest BCUT2D eigenvalue weighted by Gasteiger charge is -2.09. The Kier molecular flexibility index (Phi) is 3.71. The summed E-state index contributed by atoms with van der Waals surface area (Å²) in [6.07, 6.45) is 7.61. The van der Waals surface area contributed by atoms with Crippen molar-refractivity contribution in [2.24, 2.45) is 7.05 Å². The van der Waals surface area contributed by atoms with E-state index in [2.05, 4.69) is 11.6 Å². The SMILES string of the molecule is C=CCCCC(O)c1nccn1C. The molecule has 1 aromatic rings. The number of rotatable bonds is 5. The van der Waals surface area contributed by atoms with Crippen LogP contribution < -0.4 is 0 Å². The van der Waals surface area contributed by atoms with Crippen LogP contribution in [0.1, 0.15) is 31.2 Å². The van der Waals surface area contributed by atoms with Crippen LogP contribution in [0.15, 0.2) is 25.0 Å². The summed E-state index contributed by atoms with van der Waals surface area (Å²) >= 11 is 0. The molecule has 0 radical (unpaired) electrons. The average molecular weight is 180 g/mol. The van der Waals surface area contributed by atoms with Crippen LogP contribution in [0.25, 0.3) is 0 Å². The molecule has 0 aromatic carbocycles. The van der Waals surface area contributed by atoms with E-state index in [1.807, 2.05) is 23.9 Å². The van der Waals surface area contributed by atoms with Crippen LogP contribution in [0, 0.1) is 0 Å². The van der Waals surface area contributed by atoms with Gasteiger partial charge >= 0.3 is 0 Å². The number of aliphatic hydroxyl groups excluding tert-OH is 1. The molecule has 1 rings (SSSR count). The molecule has 0 amide bonds. The number of nitrogens with zero attached hydrogens (tertiary/aromatic N) is 2. The third-order valence-electron chi connectivity index (χ3n) is 2.04. The Balaban J connectivity index is 2.44. The van der Waals surface area contributed by atoms with Gasteiger partial charge < -0.3 is 9.67 Å². The normalized spacial score (nSPS) is 12.8. The van der Waals surface area contributed by atoms with E-state index in [1.165, 1.54) is 0 Å². The monoisotopic (exact) mass is 180 g/mol. The third-order valence-corrected chi connectivity index (χ3v) is 2.04. The second-order valence-corrected chi connectivity index (χ2v) is 3.13. The number of allylic oxidation sites excluding steroid dienone is 1. The number of unbranched alkanes of at least 4 members (excludes halogenated alkanes) is 1. The van der Waals surface area contributed by atoms with Crippen molar-refractivity contribution in [2.75, 3.05) is 0 Å². The molecule has 3 nitrogen and oxygen atoms in total. The molecule has 0 bridgehead atoms. The smallest absolute Gasteiger partial charge is 0.137 e. The van der Waals surface area contributed by atoms with E-state index in [9.17, 15) is 5.11 Å². The molecule has 0 aliphatic heterocycles. The zero-order valence-electron chi connectivity index (χ0n) is 7.98. The molecule has 72 valence electrons. The first-order valence-electron chi connectivity index (χ1n) is 4.52. The first-order valence-corrected chi connectivity index (χ1v) is 4.52. The molecule has 1 N–H and O–H groups in total. The standard InChI is InChI=1S/C10H16N2O/c1-3-4-5-6-9(13)10-11-7-8-12(10)2/h3,7-9,13H,1,4-6H2,2H3. The highest BCUT2D eigenvalue weighted by atomic mass is 16.3. The number of hydrogen-bond donors (Lipinski definition) is 1. The zero-order valence-corrected chi connectivity index (χ0v) is 7.98. The molecule has 1 aromatic heterocycles. The van der Waals surface area contributed by atoms with E-state index in [1.54, 1.807) is 6.20 Å². The molecule has 0 fully saturated rings. The predicted molar refractivity (Wildman–Crippen MR) is 52.2 cm³/mol. The van der Waals surface area contributed by atoms with Crippen LogP contribution in [-0.2, 0) is 7.05 Å². The Hall–Kier alpha value is -1.09. The maximum atomic E-state index is 9.70. The van der Waals surface area contributed by atoms with Gasteiger partial charge in [0.2, 0.25) is 0 Å². The lowest BCUT2D eigenvalue weighted by Crippen LogP contribution is -2.05. The molecule has 0 saturated heterocycles. The number of aliphatic hydroxyl groups is 1. The highest BCUT2D eigenvalue weighted by molar-refractivity contribution is 4.95. The summed E-state index contributed by atoms with van der Waals surface area (Å²) in [7, 11) is 1.89. The highest BCUT2D eigenvalue weighted by Crippen LogP contribution is 2.16. The van der Waals surface area contributed by atoms with Gasteiger partial charge in [0.15, 0.2) is 0 Å². The van der Waals surface area contributed by atoms with Gasteiger partial charge in [0.1, 0.15) is 11.9 Å². The van der Waals surface area contributed by atoms with Crippen molar-refractivity contribution in [3.05, 3.63) is 30.9 Å². The van der Waals surface area contributed by atoms with Gasteiger partial charge in [-0.3, -0.25) is 0 Å². The van der Waals surface area contributed by atoms with Gasteiger partial charge in [-0.2, -0.15) is 0 Å². The fraction of sp³-hybridized carbons (Fsp3) is 0.500. The Bertz CT molecular complexity index is 268. The molecule has 0 saturated carbocycles. The van der Waals surface area contributed by atoms with Crippen molar-refractivity contribution in [1.82, 2.24) is 9.55 Å². The summed E-state index contributed by atoms with van der Waals surface area (Å²) in [5, 5.41) is 9.70. The highest BCUT2D eigenvalue weighted by Gasteiger charge is 2.10. The van der Waals surface area contributed by atoms with Gasteiger partial charge in [-0.1, -0.05) is 6.08 Å². The average Bonchev–Trinajstić information content (AvgIpc) is 2.52. The number of imidazole rings is 1. The fourth-order valence-electron chi connectivity index (χ4n) is 1.28. The van der Waals surface area contributed by atoms with Crippen molar-refractivity contribution < 1.29 is 5.11 Å². The van der Waals surface area contributed by atoms with E-state index in [-0.39, 0.29) is 0 Å². The molecular formula is C10H16N2O. The molecule has 0 spiro atoms. The van der Waals surface area contributed by atoms with E-state index in [0.717, 1.165) is 25.1 Å². The summed E-state index contributed by atoms with van der Waals surface area (Å²) in [5.74, 6) is 0.740. The van der Waals surface area contributed by atoms with Crippen molar-refractivity contribution in [2.45, 2.75) is 25.4 Å². The fourth-order valence-corrected chi connectivity index (χ4v) is 1.28. The minimum Gasteiger partial charge on any atom is -0.385 e. The molecule has 0 aliphatic rings. The summed E-state index contributed by atoms with van der Waals surface area (Å²) in [5.41, 5.74) is 0. The van der Waals surface area contributed by atoms with E-state index >= 15 is 0 Å². The minimum absolute atomic E-state index is 0.444. The largest absolute Gasteiger partial charge is 0.385 e. The summed E-state index contributed by atoms with van der Waals surface area (Å²) in [6, 6.07) is 0. The molecule has 1 heterocycles. The summed E-state index contributed by atoms with van der Waals surface area (Å²) in [4.78, 5) is 4.08. The van der Waals surface area contributed by atoms with E-state index < -0.39 is 6.10 Å². The minimum atomic E-state index is -0.444. The van der Waals surface area contributed by atoms with Gasteiger partial charge in [-0.05, 0) is 19.3 Å². The van der Waals surface area contributed by atoms with Crippen LogP contribution >= 0.6 is 0 Å². The topological polar surface area (TPSA) is 38.1 Å². The van der Waals surface area contributed by atoms with Crippen LogP contribution in [0.5, 0.6) is 0 Å². The Morgan fingerprint density at radius 2 is 2.54 bits per heavy atom. The third kappa shape index (κ3) is 2.70. The second kappa shape index (κ2) is 4.82. The number of aryl methyl sites for hydroxylation is 1. The predicted octanol–water partition coefficient (Wildman–Crippen LogP) is 1.81. The van der Waals surface area contributed by atoms with Gasteiger partial charge in [0.05, 0.1) is 0 Å². The lowest BCUT2D eigenvalue weighted by atomic mass is 10.1. The van der Waals surface area contributed by atoms with E-state index in [0.29, 0.717) is 0 Å². The van der Waals surface area contributed by atoms with Crippen LogP contribution in [-0.4, -0.2) is 14.7 Å². The molecule has 1 unspecified atom stereocenters. The van der Waals surface area contributed by atoms with Crippen LogP contribution in [0.3, 0.4) is 0 Å². The van der Waals surface area contributed by atoms with Crippen molar-refractivity contribution in [3.8, 4) is 0 Å². The molecule has 1 atom stereocenters. The molecule has 0 aliphatic carbocycles. The first-order chi connectivity index (χ1) is 6.25. The van der Waals surface area contributed by atoms with Crippen molar-refractivity contribution >= 4 is 0 Å². The maximum Gasteiger partial charge on any atom is 0.137 e. The molecular weight excluding hydrogens is 164 g/mol. The summed E-state index contributed by atoms with van der Waals surface area (Å²) < 4.78 is 1.85. The Labute approximate surface area is 78.7 Å². The number of aromatic nitrogens is 2. The van der Waals surface area contributed by atoms with E-state index in [4.69, 9.17) is 0 Å². The maximum absolute atomic E-state index is 9.70. The Morgan fingerprint density at radius 1 is 1.77 bits per heavy atom. The number of hydrogen-bond acceptors (Lipinski definition) is 2. The van der Waals surface area contributed by atoms with Gasteiger partial charge in [-0.15, -0.1) is 6.58 Å². The molecule has 3 heteroatoms.